The third kappa shape index (κ3) is 2.97. The number of aromatic nitrogens is 4. The highest BCUT2D eigenvalue weighted by Gasteiger charge is 2.19. The van der Waals surface area contributed by atoms with Gasteiger partial charge in [-0.15, -0.1) is 0 Å². The van der Waals surface area contributed by atoms with Gasteiger partial charge in [-0.3, -0.25) is 0 Å². The predicted octanol–water partition coefficient (Wildman–Crippen LogP) is 4.46. The molecule has 0 atom stereocenters. The number of H-pyrrole nitrogens is 1. The minimum atomic E-state index is -0.353. The second kappa shape index (κ2) is 7.31. The van der Waals surface area contributed by atoms with E-state index < -0.39 is 0 Å². The molecule has 0 aliphatic heterocycles. The highest BCUT2D eigenvalue weighted by molar-refractivity contribution is 5.95. The predicted molar refractivity (Wildman–Crippen MR) is 109 cm³/mol. The van der Waals surface area contributed by atoms with Crippen LogP contribution in [0.3, 0.4) is 0 Å². The van der Waals surface area contributed by atoms with Crippen LogP contribution in [0.1, 0.15) is 35.5 Å². The van der Waals surface area contributed by atoms with Gasteiger partial charge >= 0.3 is 5.97 Å². The highest BCUT2D eigenvalue weighted by atomic mass is 16.5. The van der Waals surface area contributed by atoms with Gasteiger partial charge in [0.1, 0.15) is 5.56 Å². The molecule has 4 aromatic rings. The van der Waals surface area contributed by atoms with Gasteiger partial charge in [0, 0.05) is 17.1 Å². The Morgan fingerprint density at radius 3 is 2.79 bits per heavy atom. The Balaban J connectivity index is 1.81. The standard InChI is InChI=1S/C22H22N4O2/c1-4-19-17(22(27)28-5-2)13-24-26(19)20-11-7-10-18(25-20)16-9-6-8-15-14(3)12-23-21(15)16/h6-13,23H,4-5H2,1-3H3. The molecule has 0 aliphatic rings. The van der Waals surface area contributed by atoms with Crippen LogP contribution in [0.5, 0.6) is 0 Å². The van der Waals surface area contributed by atoms with E-state index in [1.54, 1.807) is 17.8 Å². The fourth-order valence-electron chi connectivity index (χ4n) is 3.49. The number of fused-ring (bicyclic) bond motifs is 1. The van der Waals surface area contributed by atoms with Crippen molar-refractivity contribution in [2.45, 2.75) is 27.2 Å². The molecule has 4 rings (SSSR count). The molecule has 142 valence electrons. The monoisotopic (exact) mass is 374 g/mol. The molecule has 0 saturated carbocycles. The molecule has 0 bridgehead atoms. The summed E-state index contributed by atoms with van der Waals surface area (Å²) in [5, 5.41) is 5.59. The van der Waals surface area contributed by atoms with Crippen molar-refractivity contribution in [3.8, 4) is 17.1 Å². The summed E-state index contributed by atoms with van der Waals surface area (Å²) in [5.74, 6) is 0.318. The van der Waals surface area contributed by atoms with Gasteiger partial charge in [-0.05, 0) is 38.0 Å². The summed E-state index contributed by atoms with van der Waals surface area (Å²) >= 11 is 0. The summed E-state index contributed by atoms with van der Waals surface area (Å²) in [5.41, 5.74) is 5.42. The largest absolute Gasteiger partial charge is 0.462 e. The summed E-state index contributed by atoms with van der Waals surface area (Å²) in [6.45, 7) is 6.20. The normalized spacial score (nSPS) is 11.1. The zero-order chi connectivity index (χ0) is 19.7. The first kappa shape index (κ1) is 18.0. The molecule has 3 aromatic heterocycles. The third-order valence-electron chi connectivity index (χ3n) is 4.85. The SMILES string of the molecule is CCOC(=O)c1cnn(-c2cccc(-c3cccc4c(C)c[nH]c34)n2)c1CC. The van der Waals surface area contributed by atoms with Crippen molar-refractivity contribution in [3.05, 3.63) is 65.6 Å². The van der Waals surface area contributed by atoms with E-state index in [4.69, 9.17) is 9.72 Å². The molecule has 0 spiro atoms. The molecule has 6 heteroatoms. The van der Waals surface area contributed by atoms with Crippen LogP contribution >= 0.6 is 0 Å². The third-order valence-corrected chi connectivity index (χ3v) is 4.85. The fourth-order valence-corrected chi connectivity index (χ4v) is 3.49. The molecule has 28 heavy (non-hydrogen) atoms. The average molecular weight is 374 g/mol. The van der Waals surface area contributed by atoms with Gasteiger partial charge < -0.3 is 9.72 Å². The van der Waals surface area contributed by atoms with Gasteiger partial charge in [-0.25, -0.2) is 14.5 Å². The highest BCUT2D eigenvalue weighted by Crippen LogP contribution is 2.29. The molecule has 0 amide bonds. The molecule has 0 radical (unpaired) electrons. The van der Waals surface area contributed by atoms with Crippen molar-refractivity contribution in [2.75, 3.05) is 6.61 Å². The molecular weight excluding hydrogens is 352 g/mol. The fraction of sp³-hybridized carbons (Fsp3) is 0.227. The second-order valence-corrected chi connectivity index (χ2v) is 6.57. The van der Waals surface area contributed by atoms with Crippen LogP contribution in [0.15, 0.2) is 48.8 Å². The van der Waals surface area contributed by atoms with Crippen LogP contribution in [0.25, 0.3) is 28.0 Å². The van der Waals surface area contributed by atoms with Crippen LogP contribution in [0, 0.1) is 6.92 Å². The summed E-state index contributed by atoms with van der Waals surface area (Å²) in [6, 6.07) is 12.0. The zero-order valence-electron chi connectivity index (χ0n) is 16.2. The maximum Gasteiger partial charge on any atom is 0.341 e. The number of pyridine rings is 1. The van der Waals surface area contributed by atoms with Gasteiger partial charge in [0.15, 0.2) is 5.82 Å². The molecule has 0 saturated heterocycles. The van der Waals surface area contributed by atoms with Crippen molar-refractivity contribution in [2.24, 2.45) is 0 Å². The van der Waals surface area contributed by atoms with Crippen molar-refractivity contribution >= 4 is 16.9 Å². The van der Waals surface area contributed by atoms with Crippen molar-refractivity contribution in [1.82, 2.24) is 19.7 Å². The minimum absolute atomic E-state index is 0.334. The van der Waals surface area contributed by atoms with Crippen LogP contribution in [0.4, 0.5) is 0 Å². The van der Waals surface area contributed by atoms with Gasteiger partial charge in [-0.2, -0.15) is 5.10 Å². The summed E-state index contributed by atoms with van der Waals surface area (Å²) in [7, 11) is 0. The van der Waals surface area contributed by atoms with E-state index in [2.05, 4.69) is 29.1 Å². The first-order chi connectivity index (χ1) is 13.6. The topological polar surface area (TPSA) is 72.8 Å². The summed E-state index contributed by atoms with van der Waals surface area (Å²) in [6.07, 6.45) is 4.21. The number of aryl methyl sites for hydroxylation is 1. The quantitative estimate of drug-likeness (QED) is 0.523. The zero-order valence-corrected chi connectivity index (χ0v) is 16.2. The Kier molecular flexibility index (Phi) is 4.69. The van der Waals surface area contributed by atoms with Crippen molar-refractivity contribution in [3.63, 3.8) is 0 Å². The van der Waals surface area contributed by atoms with E-state index in [0.29, 0.717) is 24.4 Å². The number of carbonyl (C=O) groups excluding carboxylic acids is 1. The molecule has 1 N–H and O–H groups in total. The number of nitrogens with one attached hydrogen (secondary N) is 1. The number of aromatic amines is 1. The molecule has 0 aliphatic carbocycles. The number of esters is 1. The van der Waals surface area contributed by atoms with Gasteiger partial charge in [0.2, 0.25) is 0 Å². The van der Waals surface area contributed by atoms with E-state index in [-0.39, 0.29) is 5.97 Å². The number of carbonyl (C=O) groups is 1. The van der Waals surface area contributed by atoms with Gasteiger partial charge in [0.25, 0.3) is 0 Å². The number of hydrogen-bond donors (Lipinski definition) is 1. The lowest BCUT2D eigenvalue weighted by Gasteiger charge is -2.09. The van der Waals surface area contributed by atoms with Crippen LogP contribution in [0.2, 0.25) is 0 Å². The molecular formula is C22H22N4O2. The van der Waals surface area contributed by atoms with E-state index >= 15 is 0 Å². The number of nitrogens with zero attached hydrogens (tertiary/aromatic N) is 3. The minimum Gasteiger partial charge on any atom is -0.462 e. The van der Waals surface area contributed by atoms with Gasteiger partial charge in [0.05, 0.1) is 29.7 Å². The van der Waals surface area contributed by atoms with Crippen LogP contribution in [-0.2, 0) is 11.2 Å². The van der Waals surface area contributed by atoms with Gasteiger partial charge in [-0.1, -0.05) is 31.2 Å². The number of rotatable bonds is 5. The Bertz CT molecular complexity index is 1160. The Morgan fingerprint density at radius 1 is 1.18 bits per heavy atom. The first-order valence-corrected chi connectivity index (χ1v) is 9.42. The Hall–Kier alpha value is -3.41. The number of benzene rings is 1. The maximum absolute atomic E-state index is 12.2. The van der Waals surface area contributed by atoms with E-state index in [1.807, 2.05) is 37.4 Å². The molecule has 1 aromatic carbocycles. The number of hydrogen-bond acceptors (Lipinski definition) is 4. The number of para-hydroxylation sites is 1. The lowest BCUT2D eigenvalue weighted by molar-refractivity contribution is 0.0525. The lowest BCUT2D eigenvalue weighted by Crippen LogP contribution is -2.10. The second-order valence-electron chi connectivity index (χ2n) is 6.57. The van der Waals surface area contributed by atoms with Crippen LogP contribution in [-0.4, -0.2) is 32.3 Å². The van der Waals surface area contributed by atoms with E-state index in [0.717, 1.165) is 22.5 Å². The maximum atomic E-state index is 12.2. The van der Waals surface area contributed by atoms with E-state index in [1.165, 1.54) is 10.9 Å². The summed E-state index contributed by atoms with van der Waals surface area (Å²) in [4.78, 5) is 20.4. The summed E-state index contributed by atoms with van der Waals surface area (Å²) < 4.78 is 6.86. The average Bonchev–Trinajstić information content (AvgIpc) is 3.32. The molecule has 6 nitrogen and oxygen atoms in total. The molecule has 3 heterocycles. The van der Waals surface area contributed by atoms with Crippen molar-refractivity contribution in [1.29, 1.82) is 0 Å². The Labute approximate surface area is 163 Å². The first-order valence-electron chi connectivity index (χ1n) is 9.42. The number of ether oxygens (including phenoxy) is 1. The molecule has 0 fully saturated rings. The van der Waals surface area contributed by atoms with Crippen molar-refractivity contribution < 1.29 is 9.53 Å². The smallest absolute Gasteiger partial charge is 0.341 e. The molecule has 0 unspecified atom stereocenters. The van der Waals surface area contributed by atoms with E-state index in [9.17, 15) is 4.79 Å². The van der Waals surface area contributed by atoms with Crippen LogP contribution < -0.4 is 0 Å². The lowest BCUT2D eigenvalue weighted by atomic mass is 10.1. The Morgan fingerprint density at radius 2 is 2.00 bits per heavy atom.